The first-order valence-corrected chi connectivity index (χ1v) is 9.26. The first kappa shape index (κ1) is 20.9. The van der Waals surface area contributed by atoms with Crippen LogP contribution < -0.4 is 11.1 Å². The van der Waals surface area contributed by atoms with Gasteiger partial charge in [-0.2, -0.15) is 18.3 Å². The Morgan fingerprint density at radius 1 is 1.41 bits per heavy atom. The second-order valence-corrected chi connectivity index (χ2v) is 7.61. The molecule has 3 aromatic rings. The highest BCUT2D eigenvalue weighted by molar-refractivity contribution is 7.99. The molecule has 0 unspecified atom stereocenters. The molecule has 0 aliphatic rings. The average Bonchev–Trinajstić information content (AvgIpc) is 3.16. The van der Waals surface area contributed by atoms with Crippen LogP contribution in [0.2, 0.25) is 0 Å². The van der Waals surface area contributed by atoms with Crippen LogP contribution in [0, 0.1) is 0 Å². The van der Waals surface area contributed by atoms with Gasteiger partial charge in [0.1, 0.15) is 23.5 Å². The second-order valence-electron chi connectivity index (χ2n) is 6.34. The number of hydrogen-bond donors (Lipinski definition) is 3. The molecular formula is C15H17F3N8O2S. The second kappa shape index (κ2) is 7.51. The first-order chi connectivity index (χ1) is 13.5. The largest absolute Gasteiger partial charge is 0.433 e. The van der Waals surface area contributed by atoms with Gasteiger partial charge in [0.15, 0.2) is 11.4 Å². The third-order valence-corrected chi connectivity index (χ3v) is 4.30. The Kier molecular flexibility index (Phi) is 5.40. The van der Waals surface area contributed by atoms with Gasteiger partial charge in [0, 0.05) is 6.07 Å². The highest BCUT2D eigenvalue weighted by Gasteiger charge is 2.33. The van der Waals surface area contributed by atoms with E-state index in [1.54, 1.807) is 0 Å². The van der Waals surface area contributed by atoms with Crippen molar-refractivity contribution in [3.05, 3.63) is 18.1 Å². The molecule has 0 aliphatic carbocycles. The molecule has 0 saturated heterocycles. The van der Waals surface area contributed by atoms with Gasteiger partial charge in [-0.3, -0.25) is 16.1 Å². The minimum absolute atomic E-state index is 0.0448. The molecule has 0 atom stereocenters. The Labute approximate surface area is 166 Å². The summed E-state index contributed by atoms with van der Waals surface area (Å²) >= 11 is 1.33. The summed E-state index contributed by atoms with van der Waals surface area (Å²) < 4.78 is 44.7. The number of nitrogens with two attached hydrogens (primary N) is 1. The van der Waals surface area contributed by atoms with Gasteiger partial charge in [0.2, 0.25) is 5.82 Å². The van der Waals surface area contributed by atoms with Crippen molar-refractivity contribution in [2.45, 2.75) is 37.6 Å². The van der Waals surface area contributed by atoms with Gasteiger partial charge in [0.25, 0.3) is 0 Å². The minimum atomic E-state index is -4.60. The molecule has 0 saturated carbocycles. The van der Waals surface area contributed by atoms with Crippen molar-refractivity contribution in [2.24, 2.45) is 5.73 Å². The van der Waals surface area contributed by atoms with Gasteiger partial charge in [-0.15, -0.1) is 16.9 Å². The Balaban J connectivity index is 1.96. The highest BCUT2D eigenvalue weighted by Crippen LogP contribution is 2.35. The standard InChI is InChI=1S/C15H17F3N8O2S/c1-4-29-10-9(23-24-12(10)22-13(27)28-14(2,3)19)11-21-8-5-7(15(16,17)18)20-6-26(8)25-11/h5-6H,4,19H2,1-3H3,(H2,22,23,24,27). The van der Waals surface area contributed by atoms with E-state index in [9.17, 15) is 18.0 Å². The van der Waals surface area contributed by atoms with Crippen LogP contribution in [0.15, 0.2) is 17.3 Å². The monoisotopic (exact) mass is 430 g/mol. The van der Waals surface area contributed by atoms with Crippen LogP contribution in [-0.4, -0.2) is 47.4 Å². The van der Waals surface area contributed by atoms with Crippen molar-refractivity contribution in [2.75, 3.05) is 11.1 Å². The van der Waals surface area contributed by atoms with E-state index in [0.29, 0.717) is 10.6 Å². The van der Waals surface area contributed by atoms with Crippen molar-refractivity contribution in [3.8, 4) is 11.5 Å². The number of H-pyrrole nitrogens is 1. The summed E-state index contributed by atoms with van der Waals surface area (Å²) in [5, 5.41) is 13.4. The van der Waals surface area contributed by atoms with E-state index in [1.165, 1.54) is 25.6 Å². The van der Waals surface area contributed by atoms with E-state index in [0.717, 1.165) is 16.9 Å². The van der Waals surface area contributed by atoms with Crippen LogP contribution in [-0.2, 0) is 10.9 Å². The molecule has 1 amide bonds. The average molecular weight is 430 g/mol. The lowest BCUT2D eigenvalue weighted by Gasteiger charge is -2.19. The van der Waals surface area contributed by atoms with Gasteiger partial charge < -0.3 is 4.74 Å². The van der Waals surface area contributed by atoms with E-state index < -0.39 is 23.7 Å². The maximum absolute atomic E-state index is 12.9. The SMILES string of the molecule is CCSc1c(-c2nc3cc(C(F)(F)F)ncn3n2)n[nH]c1NC(=O)OC(C)(C)N. The smallest absolute Gasteiger partial charge is 0.428 e. The Hall–Kier alpha value is -2.87. The predicted octanol–water partition coefficient (Wildman–Crippen LogP) is 2.89. The van der Waals surface area contributed by atoms with Gasteiger partial charge in [-0.25, -0.2) is 19.3 Å². The lowest BCUT2D eigenvalue weighted by molar-refractivity contribution is -0.141. The lowest BCUT2D eigenvalue weighted by atomic mass is 10.3. The van der Waals surface area contributed by atoms with Crippen molar-refractivity contribution in [1.82, 2.24) is 29.8 Å². The molecule has 3 heterocycles. The number of aromatic amines is 1. The molecule has 3 aromatic heterocycles. The van der Waals surface area contributed by atoms with E-state index >= 15 is 0 Å². The number of carbonyl (C=O) groups is 1. The maximum Gasteiger partial charge on any atom is 0.433 e. The van der Waals surface area contributed by atoms with Gasteiger partial charge >= 0.3 is 12.3 Å². The van der Waals surface area contributed by atoms with Crippen LogP contribution in [0.5, 0.6) is 0 Å². The van der Waals surface area contributed by atoms with Gasteiger partial charge in [-0.05, 0) is 19.6 Å². The third-order valence-electron chi connectivity index (χ3n) is 3.33. The van der Waals surface area contributed by atoms with Crippen molar-refractivity contribution >= 4 is 29.3 Å². The van der Waals surface area contributed by atoms with Gasteiger partial charge in [0.05, 0.1) is 4.90 Å². The summed E-state index contributed by atoms with van der Waals surface area (Å²) in [6, 6.07) is 0.787. The quantitative estimate of drug-likeness (QED) is 0.415. The van der Waals surface area contributed by atoms with Crippen LogP contribution in [0.1, 0.15) is 26.5 Å². The topological polar surface area (TPSA) is 136 Å². The zero-order valence-corrected chi connectivity index (χ0v) is 16.4. The Morgan fingerprint density at radius 2 is 2.14 bits per heavy atom. The molecule has 4 N–H and O–H groups in total. The fourth-order valence-corrected chi connectivity index (χ4v) is 3.07. The number of thioether (sulfide) groups is 1. The molecule has 0 aliphatic heterocycles. The normalized spacial score (nSPS) is 12.4. The number of nitrogens with one attached hydrogen (secondary N) is 2. The number of halogens is 3. The summed E-state index contributed by atoms with van der Waals surface area (Å²) in [6.07, 6.45) is -4.47. The number of amides is 1. The van der Waals surface area contributed by atoms with Crippen LogP contribution in [0.3, 0.4) is 0 Å². The van der Waals surface area contributed by atoms with Crippen molar-refractivity contribution < 1.29 is 22.7 Å². The van der Waals surface area contributed by atoms with E-state index in [-0.39, 0.29) is 23.0 Å². The van der Waals surface area contributed by atoms with E-state index in [4.69, 9.17) is 10.5 Å². The molecular weight excluding hydrogens is 413 g/mol. The van der Waals surface area contributed by atoms with Crippen molar-refractivity contribution in [3.63, 3.8) is 0 Å². The molecule has 14 heteroatoms. The molecule has 156 valence electrons. The molecule has 0 bridgehead atoms. The van der Waals surface area contributed by atoms with Crippen LogP contribution >= 0.6 is 11.8 Å². The Bertz CT molecular complexity index is 1040. The maximum atomic E-state index is 12.9. The highest BCUT2D eigenvalue weighted by atomic mass is 32.2. The van der Waals surface area contributed by atoms with E-state index in [1.807, 2.05) is 6.92 Å². The zero-order valence-electron chi connectivity index (χ0n) is 15.5. The number of hydrogen-bond acceptors (Lipinski definition) is 8. The molecule has 0 fully saturated rings. The number of alkyl halides is 3. The summed E-state index contributed by atoms with van der Waals surface area (Å²) in [5.74, 6) is 0.916. The predicted molar refractivity (Wildman–Crippen MR) is 98.1 cm³/mol. The summed E-state index contributed by atoms with van der Waals surface area (Å²) in [6.45, 7) is 4.90. The number of fused-ring (bicyclic) bond motifs is 1. The third kappa shape index (κ3) is 4.76. The van der Waals surface area contributed by atoms with Crippen LogP contribution in [0.4, 0.5) is 23.8 Å². The first-order valence-electron chi connectivity index (χ1n) is 8.28. The summed E-state index contributed by atoms with van der Waals surface area (Å²) in [4.78, 5) is 19.9. The number of nitrogens with zero attached hydrogens (tertiary/aromatic N) is 5. The number of anilines is 1. The fraction of sp³-hybridized carbons (Fsp3) is 0.400. The summed E-state index contributed by atoms with van der Waals surface area (Å²) in [5.41, 5.74) is 3.60. The molecule has 0 radical (unpaired) electrons. The van der Waals surface area contributed by atoms with Gasteiger partial charge in [-0.1, -0.05) is 6.92 Å². The molecule has 10 nitrogen and oxygen atoms in total. The lowest BCUT2D eigenvalue weighted by Crippen LogP contribution is -2.39. The summed E-state index contributed by atoms with van der Waals surface area (Å²) in [7, 11) is 0. The van der Waals surface area contributed by atoms with E-state index in [2.05, 4.69) is 30.6 Å². The number of rotatable bonds is 5. The van der Waals surface area contributed by atoms with Crippen LogP contribution in [0.25, 0.3) is 17.2 Å². The number of ether oxygens (including phenoxy) is 1. The molecule has 29 heavy (non-hydrogen) atoms. The number of aromatic nitrogens is 6. The minimum Gasteiger partial charge on any atom is -0.428 e. The molecule has 0 spiro atoms. The zero-order chi connectivity index (χ0) is 21.4. The molecule has 3 rings (SSSR count). The molecule has 0 aromatic carbocycles. The number of carbonyl (C=O) groups excluding carboxylic acids is 1. The fourth-order valence-electron chi connectivity index (χ4n) is 2.27. The Morgan fingerprint density at radius 3 is 2.76 bits per heavy atom. The van der Waals surface area contributed by atoms with Crippen molar-refractivity contribution in [1.29, 1.82) is 0 Å².